The number of carbonyl (C=O) groups excluding carboxylic acids is 1. The number of allylic oxidation sites excluding steroid dienone is 3. The van der Waals surface area contributed by atoms with E-state index in [-0.39, 0.29) is 23.6 Å². The van der Waals surface area contributed by atoms with Crippen LogP contribution in [0.1, 0.15) is 50.7 Å². The normalized spacial score (nSPS) is 18.6. The van der Waals surface area contributed by atoms with Crippen LogP contribution >= 0.6 is 15.9 Å². The van der Waals surface area contributed by atoms with E-state index in [9.17, 15) is 14.4 Å². The zero-order valence-corrected chi connectivity index (χ0v) is 24.2. The standard InChI is InChI=1S/C30H33BrFN3O4/c1-5-38-25-13-19(12-22(31)28(25)39-17-18-6-8-20(32)9-7-18)26-21(16-33)29(34)35(10-11-37-4)23-14-30(2,3)15-24(36)27(23)26/h6-9,12-13,26H,5,10-11,14-15,17,34H2,1-4H3/t26-/m0/s1. The summed E-state index contributed by atoms with van der Waals surface area (Å²) in [6.45, 7) is 7.41. The fraction of sp³-hybridized carbons (Fsp3) is 0.400. The van der Waals surface area contributed by atoms with Gasteiger partial charge in [-0.2, -0.15) is 5.26 Å². The summed E-state index contributed by atoms with van der Waals surface area (Å²) in [4.78, 5) is 15.5. The van der Waals surface area contributed by atoms with E-state index in [2.05, 4.69) is 35.8 Å². The van der Waals surface area contributed by atoms with Crippen molar-refractivity contribution in [2.45, 2.75) is 46.1 Å². The number of hydrogen-bond acceptors (Lipinski definition) is 7. The van der Waals surface area contributed by atoms with Crippen LogP contribution in [0.25, 0.3) is 0 Å². The number of nitrogens with zero attached hydrogens (tertiary/aromatic N) is 2. The number of ketones is 1. The van der Waals surface area contributed by atoms with Gasteiger partial charge in [-0.1, -0.05) is 26.0 Å². The van der Waals surface area contributed by atoms with Crippen LogP contribution in [0.2, 0.25) is 0 Å². The summed E-state index contributed by atoms with van der Waals surface area (Å²) in [7, 11) is 1.61. The zero-order valence-electron chi connectivity index (χ0n) is 22.6. The van der Waals surface area contributed by atoms with Crippen molar-refractivity contribution in [3.05, 3.63) is 80.5 Å². The summed E-state index contributed by atoms with van der Waals surface area (Å²) in [5.41, 5.74) is 9.61. The van der Waals surface area contributed by atoms with Crippen molar-refractivity contribution in [1.82, 2.24) is 4.90 Å². The molecule has 1 aliphatic heterocycles. The number of rotatable bonds is 9. The summed E-state index contributed by atoms with van der Waals surface area (Å²) in [5, 5.41) is 10.3. The molecule has 0 spiro atoms. The maximum absolute atomic E-state index is 13.7. The highest BCUT2D eigenvalue weighted by Crippen LogP contribution is 2.50. The summed E-state index contributed by atoms with van der Waals surface area (Å²) in [6.07, 6.45) is 1.02. The van der Waals surface area contributed by atoms with Crippen molar-refractivity contribution < 1.29 is 23.4 Å². The fourth-order valence-corrected chi connectivity index (χ4v) is 5.81. The third-order valence-electron chi connectivity index (χ3n) is 6.97. The topological polar surface area (TPSA) is 97.8 Å². The monoisotopic (exact) mass is 597 g/mol. The number of hydrogen-bond donors (Lipinski definition) is 1. The van der Waals surface area contributed by atoms with E-state index in [4.69, 9.17) is 19.9 Å². The van der Waals surface area contributed by atoms with Crippen molar-refractivity contribution in [3.8, 4) is 17.6 Å². The lowest BCUT2D eigenvalue weighted by atomic mass is 9.68. The summed E-state index contributed by atoms with van der Waals surface area (Å²) >= 11 is 3.62. The van der Waals surface area contributed by atoms with Crippen LogP contribution in [0, 0.1) is 22.6 Å². The summed E-state index contributed by atoms with van der Waals surface area (Å²) in [5.74, 6) is 0.307. The molecule has 0 unspecified atom stereocenters. The van der Waals surface area contributed by atoms with Gasteiger partial charge < -0.3 is 24.8 Å². The second-order valence-corrected chi connectivity index (χ2v) is 11.3. The average Bonchev–Trinajstić information content (AvgIpc) is 2.87. The first kappa shape index (κ1) is 28.7. The van der Waals surface area contributed by atoms with E-state index in [1.807, 2.05) is 24.0 Å². The zero-order chi connectivity index (χ0) is 28.3. The van der Waals surface area contributed by atoms with Crippen LogP contribution < -0.4 is 15.2 Å². The minimum Gasteiger partial charge on any atom is -0.490 e. The lowest BCUT2D eigenvalue weighted by Crippen LogP contribution is -2.43. The average molecular weight is 599 g/mol. The van der Waals surface area contributed by atoms with Gasteiger partial charge in [0.25, 0.3) is 0 Å². The molecule has 2 aliphatic rings. The van der Waals surface area contributed by atoms with Crippen LogP contribution in [-0.2, 0) is 16.1 Å². The van der Waals surface area contributed by atoms with Crippen molar-refractivity contribution in [3.63, 3.8) is 0 Å². The lowest BCUT2D eigenvalue weighted by molar-refractivity contribution is -0.118. The van der Waals surface area contributed by atoms with Gasteiger partial charge in [0, 0.05) is 31.3 Å². The molecule has 1 atom stereocenters. The molecular weight excluding hydrogens is 565 g/mol. The third-order valence-corrected chi connectivity index (χ3v) is 7.56. The minimum absolute atomic E-state index is 0.000337. The molecule has 2 N–H and O–H groups in total. The second kappa shape index (κ2) is 11.8. The van der Waals surface area contributed by atoms with Crippen molar-refractivity contribution in [2.75, 3.05) is 26.9 Å². The maximum atomic E-state index is 13.7. The van der Waals surface area contributed by atoms with Gasteiger partial charge in [-0.3, -0.25) is 4.79 Å². The SMILES string of the molecule is CCOc1cc([C@H]2C(C#N)=C(N)N(CCOC)C3=C2C(=O)CC(C)(C)C3)cc(Br)c1OCc1ccc(F)cc1. The fourth-order valence-electron chi connectivity index (χ4n) is 5.24. The van der Waals surface area contributed by atoms with Gasteiger partial charge in [0.15, 0.2) is 17.3 Å². The smallest absolute Gasteiger partial charge is 0.175 e. The highest BCUT2D eigenvalue weighted by Gasteiger charge is 2.44. The molecule has 7 nitrogen and oxygen atoms in total. The Bertz CT molecular complexity index is 1360. The quantitative estimate of drug-likeness (QED) is 0.381. The predicted molar refractivity (Wildman–Crippen MR) is 149 cm³/mol. The Morgan fingerprint density at radius 3 is 2.56 bits per heavy atom. The minimum atomic E-state index is -0.644. The van der Waals surface area contributed by atoms with Crippen LogP contribution in [0.4, 0.5) is 4.39 Å². The van der Waals surface area contributed by atoms with Crippen LogP contribution in [0.5, 0.6) is 11.5 Å². The third kappa shape index (κ3) is 5.97. The predicted octanol–water partition coefficient (Wildman–Crippen LogP) is 5.95. The lowest BCUT2D eigenvalue weighted by Gasteiger charge is -2.43. The van der Waals surface area contributed by atoms with E-state index in [1.165, 1.54) is 12.1 Å². The second-order valence-electron chi connectivity index (χ2n) is 10.5. The van der Waals surface area contributed by atoms with E-state index in [1.54, 1.807) is 19.2 Å². The molecule has 2 aromatic carbocycles. The van der Waals surface area contributed by atoms with Gasteiger partial charge in [0.1, 0.15) is 18.2 Å². The molecule has 0 aromatic heterocycles. The summed E-state index contributed by atoms with van der Waals surface area (Å²) < 4.78 is 31.3. The molecular formula is C30H33BrFN3O4. The van der Waals surface area contributed by atoms with Crippen LogP contribution in [-0.4, -0.2) is 37.6 Å². The molecule has 206 valence electrons. The van der Waals surface area contributed by atoms with Gasteiger partial charge >= 0.3 is 0 Å². The molecule has 39 heavy (non-hydrogen) atoms. The Labute approximate surface area is 237 Å². The van der Waals surface area contributed by atoms with Gasteiger partial charge in [-0.05, 0) is 70.1 Å². The number of halogens is 2. The molecule has 4 rings (SSSR count). The number of methoxy groups -OCH3 is 1. The summed E-state index contributed by atoms with van der Waals surface area (Å²) in [6, 6.07) is 12.0. The molecule has 0 saturated carbocycles. The van der Waals surface area contributed by atoms with Crippen molar-refractivity contribution in [2.24, 2.45) is 11.1 Å². The van der Waals surface area contributed by atoms with E-state index in [0.717, 1.165) is 11.3 Å². The molecule has 0 saturated heterocycles. The number of nitriles is 1. The Morgan fingerprint density at radius 1 is 1.21 bits per heavy atom. The Balaban J connectivity index is 1.81. The van der Waals surface area contributed by atoms with Gasteiger partial charge in [-0.25, -0.2) is 4.39 Å². The van der Waals surface area contributed by atoms with E-state index >= 15 is 0 Å². The molecule has 9 heteroatoms. The maximum Gasteiger partial charge on any atom is 0.175 e. The number of benzene rings is 2. The number of nitrogens with two attached hydrogens (primary N) is 1. The molecule has 0 radical (unpaired) electrons. The Morgan fingerprint density at radius 2 is 1.92 bits per heavy atom. The Hall–Kier alpha value is -3.35. The first-order valence-electron chi connectivity index (χ1n) is 12.9. The number of Topliss-reactive ketones (excluding diaryl/α,β-unsaturated/α-hetero) is 1. The van der Waals surface area contributed by atoms with Crippen LogP contribution in [0.3, 0.4) is 0 Å². The number of carbonyl (C=O) groups is 1. The van der Waals surface area contributed by atoms with Gasteiger partial charge in [0.2, 0.25) is 0 Å². The first-order chi connectivity index (χ1) is 18.6. The Kier molecular flexibility index (Phi) is 8.67. The van der Waals surface area contributed by atoms with Crippen molar-refractivity contribution >= 4 is 21.7 Å². The van der Waals surface area contributed by atoms with E-state index in [0.29, 0.717) is 71.1 Å². The molecule has 0 amide bonds. The number of ether oxygens (including phenoxy) is 3. The highest BCUT2D eigenvalue weighted by molar-refractivity contribution is 9.10. The molecule has 0 fully saturated rings. The largest absolute Gasteiger partial charge is 0.490 e. The molecule has 2 aromatic rings. The molecule has 1 aliphatic carbocycles. The van der Waals surface area contributed by atoms with Gasteiger partial charge in [0.05, 0.1) is 35.2 Å². The molecule has 1 heterocycles. The van der Waals surface area contributed by atoms with Crippen molar-refractivity contribution in [1.29, 1.82) is 5.26 Å². The molecule has 0 bridgehead atoms. The first-order valence-corrected chi connectivity index (χ1v) is 13.7. The van der Waals surface area contributed by atoms with Gasteiger partial charge in [-0.15, -0.1) is 0 Å². The van der Waals surface area contributed by atoms with E-state index < -0.39 is 5.92 Å². The van der Waals surface area contributed by atoms with Crippen LogP contribution in [0.15, 0.2) is 63.5 Å². The highest BCUT2D eigenvalue weighted by atomic mass is 79.9.